The molecular formula is C21H28FN3O3. The molecule has 2 saturated heterocycles. The molecule has 1 aromatic carbocycles. The van der Waals surface area contributed by atoms with Crippen LogP contribution in [0.5, 0.6) is 0 Å². The van der Waals surface area contributed by atoms with E-state index in [0.717, 1.165) is 30.6 Å². The minimum Gasteiger partial charge on any atom is -0.341 e. The number of benzene rings is 1. The molecule has 0 aromatic heterocycles. The van der Waals surface area contributed by atoms with E-state index >= 15 is 0 Å². The highest BCUT2D eigenvalue weighted by Crippen LogP contribution is 2.29. The first-order valence-electron chi connectivity index (χ1n) is 10.0. The lowest BCUT2D eigenvalue weighted by Crippen LogP contribution is -2.44. The van der Waals surface area contributed by atoms with Gasteiger partial charge in [-0.2, -0.15) is 0 Å². The standard InChI is InChI=1S/C21H28FN3O3/c1-3-5-15-6-4-12-24(13-11-15)18(26)14-25-19(27)21(2,23-20(25)28)16-7-9-17(22)10-8-16/h7-10,15H,3-6,11-14H2,1-2H3,(H,23,28). The Bertz CT molecular complexity index is 752. The van der Waals surface area contributed by atoms with Crippen LogP contribution < -0.4 is 5.32 Å². The third-order valence-corrected chi connectivity index (χ3v) is 5.89. The number of halogens is 1. The summed E-state index contributed by atoms with van der Waals surface area (Å²) in [5, 5.41) is 2.65. The fraction of sp³-hybridized carbons (Fsp3) is 0.571. The molecule has 2 heterocycles. The molecule has 2 fully saturated rings. The number of likely N-dealkylation sites (tertiary alicyclic amines) is 1. The lowest BCUT2D eigenvalue weighted by molar-refractivity contribution is -0.138. The lowest BCUT2D eigenvalue weighted by Gasteiger charge is -2.24. The second-order valence-electron chi connectivity index (χ2n) is 7.92. The van der Waals surface area contributed by atoms with Crippen molar-refractivity contribution in [1.29, 1.82) is 0 Å². The number of hydrogen-bond acceptors (Lipinski definition) is 3. The highest BCUT2D eigenvalue weighted by molar-refractivity contribution is 6.09. The zero-order valence-corrected chi connectivity index (χ0v) is 16.5. The van der Waals surface area contributed by atoms with E-state index < -0.39 is 23.3 Å². The third kappa shape index (κ3) is 4.03. The van der Waals surface area contributed by atoms with Gasteiger partial charge >= 0.3 is 6.03 Å². The quantitative estimate of drug-likeness (QED) is 0.787. The van der Waals surface area contributed by atoms with E-state index in [1.165, 1.54) is 30.7 Å². The Balaban J connectivity index is 1.67. The molecule has 3 rings (SSSR count). The van der Waals surface area contributed by atoms with Gasteiger partial charge in [-0.3, -0.25) is 14.5 Å². The van der Waals surface area contributed by atoms with E-state index in [9.17, 15) is 18.8 Å². The fourth-order valence-corrected chi connectivity index (χ4v) is 4.17. The molecule has 0 spiro atoms. The Morgan fingerprint density at radius 1 is 1.21 bits per heavy atom. The summed E-state index contributed by atoms with van der Waals surface area (Å²) in [6, 6.07) is 4.85. The van der Waals surface area contributed by atoms with Crippen molar-refractivity contribution >= 4 is 17.8 Å². The molecule has 1 aromatic rings. The molecule has 2 atom stereocenters. The highest BCUT2D eigenvalue weighted by atomic mass is 19.1. The molecule has 28 heavy (non-hydrogen) atoms. The Morgan fingerprint density at radius 2 is 1.93 bits per heavy atom. The van der Waals surface area contributed by atoms with Crippen LogP contribution in [0.15, 0.2) is 24.3 Å². The zero-order valence-electron chi connectivity index (χ0n) is 16.5. The normalized spacial score (nSPS) is 25.6. The maximum Gasteiger partial charge on any atom is 0.325 e. The largest absolute Gasteiger partial charge is 0.341 e. The second kappa shape index (κ2) is 8.29. The summed E-state index contributed by atoms with van der Waals surface area (Å²) in [4.78, 5) is 40.8. The number of urea groups is 1. The van der Waals surface area contributed by atoms with Gasteiger partial charge in [0.05, 0.1) is 0 Å². The smallest absolute Gasteiger partial charge is 0.325 e. The van der Waals surface area contributed by atoms with Crippen LogP contribution in [0.4, 0.5) is 9.18 Å². The summed E-state index contributed by atoms with van der Waals surface area (Å²) in [6.07, 6.45) is 5.34. The van der Waals surface area contributed by atoms with E-state index in [4.69, 9.17) is 0 Å². The predicted molar refractivity (Wildman–Crippen MR) is 103 cm³/mol. The summed E-state index contributed by atoms with van der Waals surface area (Å²) < 4.78 is 13.2. The molecule has 0 saturated carbocycles. The van der Waals surface area contributed by atoms with Crippen LogP contribution in [0.1, 0.15) is 51.5 Å². The molecule has 2 unspecified atom stereocenters. The number of rotatable bonds is 5. The van der Waals surface area contributed by atoms with E-state index in [-0.39, 0.29) is 12.5 Å². The third-order valence-electron chi connectivity index (χ3n) is 5.89. The van der Waals surface area contributed by atoms with Crippen LogP contribution >= 0.6 is 0 Å². The number of imide groups is 1. The molecule has 2 aliphatic rings. The fourth-order valence-electron chi connectivity index (χ4n) is 4.17. The summed E-state index contributed by atoms with van der Waals surface area (Å²) in [5.41, 5.74) is -0.810. The van der Waals surface area contributed by atoms with Crippen molar-refractivity contribution in [3.63, 3.8) is 0 Å². The van der Waals surface area contributed by atoms with Gasteiger partial charge in [0, 0.05) is 13.1 Å². The van der Waals surface area contributed by atoms with Crippen LogP contribution in [-0.2, 0) is 15.1 Å². The number of hydrogen-bond donors (Lipinski definition) is 1. The van der Waals surface area contributed by atoms with E-state index in [0.29, 0.717) is 24.6 Å². The van der Waals surface area contributed by atoms with Crippen LogP contribution in [0.25, 0.3) is 0 Å². The van der Waals surface area contributed by atoms with Gasteiger partial charge in [0.2, 0.25) is 5.91 Å². The molecule has 1 N–H and O–H groups in total. The average molecular weight is 389 g/mol. The maximum absolute atomic E-state index is 13.2. The van der Waals surface area contributed by atoms with Crippen LogP contribution in [0.3, 0.4) is 0 Å². The molecule has 0 bridgehead atoms. The minimum atomic E-state index is -1.30. The summed E-state index contributed by atoms with van der Waals surface area (Å²) in [6.45, 7) is 4.82. The Kier molecular flexibility index (Phi) is 6.01. The molecule has 6 nitrogen and oxygen atoms in total. The lowest BCUT2D eigenvalue weighted by atomic mass is 9.92. The van der Waals surface area contributed by atoms with Gasteiger partial charge in [0.25, 0.3) is 5.91 Å². The molecule has 0 aliphatic carbocycles. The van der Waals surface area contributed by atoms with Crippen molar-refractivity contribution in [1.82, 2.24) is 15.1 Å². The number of amides is 4. The number of carbonyl (C=O) groups is 3. The number of carbonyl (C=O) groups excluding carboxylic acids is 3. The van der Waals surface area contributed by atoms with Crippen LogP contribution in [0, 0.1) is 11.7 Å². The van der Waals surface area contributed by atoms with Crippen molar-refractivity contribution in [3.8, 4) is 0 Å². The summed E-state index contributed by atoms with van der Waals surface area (Å²) >= 11 is 0. The minimum absolute atomic E-state index is 0.205. The Labute approximate surface area is 165 Å². The summed E-state index contributed by atoms with van der Waals surface area (Å²) in [7, 11) is 0. The van der Waals surface area contributed by atoms with E-state index in [1.807, 2.05) is 0 Å². The molecule has 0 radical (unpaired) electrons. The van der Waals surface area contributed by atoms with Crippen LogP contribution in [-0.4, -0.2) is 47.3 Å². The summed E-state index contributed by atoms with van der Waals surface area (Å²) in [5.74, 6) is -0.472. The zero-order chi connectivity index (χ0) is 20.3. The monoisotopic (exact) mass is 389 g/mol. The van der Waals surface area contributed by atoms with Gasteiger partial charge in [0.1, 0.15) is 17.9 Å². The van der Waals surface area contributed by atoms with Crippen molar-refractivity contribution in [2.24, 2.45) is 5.92 Å². The van der Waals surface area contributed by atoms with Gasteiger partial charge in [0.15, 0.2) is 0 Å². The van der Waals surface area contributed by atoms with E-state index in [2.05, 4.69) is 12.2 Å². The van der Waals surface area contributed by atoms with Crippen molar-refractivity contribution in [3.05, 3.63) is 35.6 Å². The maximum atomic E-state index is 13.2. The van der Waals surface area contributed by atoms with Crippen molar-refractivity contribution in [2.75, 3.05) is 19.6 Å². The average Bonchev–Trinajstić information content (AvgIpc) is 2.84. The second-order valence-corrected chi connectivity index (χ2v) is 7.92. The number of nitrogens with zero attached hydrogens (tertiary/aromatic N) is 2. The first kappa shape index (κ1) is 20.3. The van der Waals surface area contributed by atoms with Crippen LogP contribution in [0.2, 0.25) is 0 Å². The Hall–Kier alpha value is -2.44. The van der Waals surface area contributed by atoms with E-state index in [1.54, 1.807) is 11.8 Å². The predicted octanol–water partition coefficient (Wildman–Crippen LogP) is 3.02. The molecule has 152 valence electrons. The first-order chi connectivity index (χ1) is 13.3. The van der Waals surface area contributed by atoms with Crippen molar-refractivity contribution < 1.29 is 18.8 Å². The number of nitrogens with one attached hydrogen (secondary N) is 1. The molecule has 4 amide bonds. The van der Waals surface area contributed by atoms with Gasteiger partial charge < -0.3 is 10.2 Å². The van der Waals surface area contributed by atoms with Gasteiger partial charge in [-0.05, 0) is 49.8 Å². The van der Waals surface area contributed by atoms with Gasteiger partial charge in [-0.15, -0.1) is 0 Å². The Morgan fingerprint density at radius 3 is 2.61 bits per heavy atom. The highest BCUT2D eigenvalue weighted by Gasteiger charge is 2.49. The SMILES string of the molecule is CCCC1CCCN(C(=O)CN2C(=O)NC(C)(c3ccc(F)cc3)C2=O)CC1. The molecule has 2 aliphatic heterocycles. The first-order valence-corrected chi connectivity index (χ1v) is 10.0. The van der Waals surface area contributed by atoms with Gasteiger partial charge in [-0.1, -0.05) is 31.9 Å². The molecule has 7 heteroatoms. The molecular weight excluding hydrogens is 361 g/mol. The van der Waals surface area contributed by atoms with Gasteiger partial charge in [-0.25, -0.2) is 9.18 Å². The topological polar surface area (TPSA) is 69.7 Å². The van der Waals surface area contributed by atoms with Crippen molar-refractivity contribution in [2.45, 2.75) is 51.5 Å².